The molecule has 4 nitrogen and oxygen atoms in total. The lowest BCUT2D eigenvalue weighted by atomic mass is 9.68. The first-order chi connectivity index (χ1) is 9.04. The zero-order chi connectivity index (χ0) is 13.9. The molecule has 0 spiro atoms. The maximum atomic E-state index is 11.2. The summed E-state index contributed by atoms with van der Waals surface area (Å²) in [6.07, 6.45) is 9.90. The maximum Gasteiger partial charge on any atom is 0.321 e. The molecule has 2 aliphatic carbocycles. The fourth-order valence-corrected chi connectivity index (χ4v) is 3.82. The first-order valence-corrected chi connectivity index (χ1v) is 7.51. The summed E-state index contributed by atoms with van der Waals surface area (Å²) in [6.45, 7) is 0. The highest BCUT2D eigenvalue weighted by Crippen LogP contribution is 2.43. The first-order valence-electron chi connectivity index (χ1n) is 7.51. The van der Waals surface area contributed by atoms with E-state index in [4.69, 9.17) is 0 Å². The van der Waals surface area contributed by atoms with E-state index in [-0.39, 0.29) is 0 Å². The summed E-state index contributed by atoms with van der Waals surface area (Å²) in [5.41, 5.74) is -1.51. The molecule has 0 aromatic rings. The van der Waals surface area contributed by atoms with Crippen molar-refractivity contribution in [1.82, 2.24) is 0 Å². The van der Waals surface area contributed by atoms with E-state index in [9.17, 15) is 19.8 Å². The summed E-state index contributed by atoms with van der Waals surface area (Å²) in [7, 11) is 0. The average Bonchev–Trinajstić information content (AvgIpc) is 2.40. The molecule has 2 aliphatic rings. The number of aliphatic carboxylic acids is 2. The summed E-state index contributed by atoms with van der Waals surface area (Å²) in [5.74, 6) is -0.983. The van der Waals surface area contributed by atoms with Crippen LogP contribution >= 0.6 is 0 Å². The van der Waals surface area contributed by atoms with Gasteiger partial charge in [-0.3, -0.25) is 9.59 Å². The Labute approximate surface area is 114 Å². The monoisotopic (exact) mass is 268 g/mol. The van der Waals surface area contributed by atoms with Crippen LogP contribution in [0.4, 0.5) is 0 Å². The lowest BCUT2D eigenvalue weighted by Crippen LogP contribution is -2.42. The molecule has 2 fully saturated rings. The molecule has 0 unspecified atom stereocenters. The second-order valence-corrected chi connectivity index (χ2v) is 6.38. The van der Waals surface area contributed by atoms with Crippen molar-refractivity contribution in [2.24, 2.45) is 17.3 Å². The van der Waals surface area contributed by atoms with Gasteiger partial charge >= 0.3 is 11.9 Å². The number of hydrogen-bond acceptors (Lipinski definition) is 2. The van der Waals surface area contributed by atoms with Gasteiger partial charge in [0.15, 0.2) is 5.41 Å². The molecule has 19 heavy (non-hydrogen) atoms. The van der Waals surface area contributed by atoms with Gasteiger partial charge in [-0.15, -0.1) is 0 Å². The third-order valence-electron chi connectivity index (χ3n) is 5.17. The molecule has 0 aromatic carbocycles. The predicted octanol–water partition coefficient (Wildman–Crippen LogP) is 3.30. The minimum atomic E-state index is -1.51. The van der Waals surface area contributed by atoms with Crippen molar-refractivity contribution in [3.05, 3.63) is 0 Å². The summed E-state index contributed by atoms with van der Waals surface area (Å²) < 4.78 is 0. The van der Waals surface area contributed by atoms with Crippen LogP contribution in [0.5, 0.6) is 0 Å². The Morgan fingerprint density at radius 1 is 0.842 bits per heavy atom. The van der Waals surface area contributed by atoms with Gasteiger partial charge < -0.3 is 10.2 Å². The fourth-order valence-electron chi connectivity index (χ4n) is 3.82. The van der Waals surface area contributed by atoms with E-state index < -0.39 is 17.4 Å². The molecular weight excluding hydrogens is 244 g/mol. The Morgan fingerprint density at radius 2 is 1.32 bits per heavy atom. The Kier molecular flexibility index (Phi) is 4.48. The predicted molar refractivity (Wildman–Crippen MR) is 70.9 cm³/mol. The molecule has 0 radical (unpaired) electrons. The topological polar surface area (TPSA) is 74.6 Å². The van der Waals surface area contributed by atoms with Gasteiger partial charge in [0.2, 0.25) is 0 Å². The standard InChI is InChI=1S/C15H24O4/c16-13(17)15(14(18)19)8-6-12(7-9-15)10-11-4-2-1-3-5-11/h11-12H,1-10H2,(H,16,17)(H,18,19). The third-order valence-corrected chi connectivity index (χ3v) is 5.17. The van der Waals surface area contributed by atoms with E-state index >= 15 is 0 Å². The lowest BCUT2D eigenvalue weighted by Gasteiger charge is -2.35. The molecule has 2 N–H and O–H groups in total. The van der Waals surface area contributed by atoms with Gasteiger partial charge in [-0.05, 0) is 43.9 Å². The normalized spacial score (nSPS) is 25.1. The molecule has 0 aliphatic heterocycles. The van der Waals surface area contributed by atoms with Crippen LogP contribution in [0.3, 0.4) is 0 Å². The molecule has 0 atom stereocenters. The maximum absolute atomic E-state index is 11.2. The van der Waals surface area contributed by atoms with Crippen molar-refractivity contribution in [3.63, 3.8) is 0 Å². The van der Waals surface area contributed by atoms with Crippen LogP contribution in [0, 0.1) is 17.3 Å². The molecular formula is C15H24O4. The Morgan fingerprint density at radius 3 is 1.79 bits per heavy atom. The smallest absolute Gasteiger partial charge is 0.321 e. The zero-order valence-corrected chi connectivity index (χ0v) is 11.4. The number of carbonyl (C=O) groups is 2. The lowest BCUT2D eigenvalue weighted by molar-refractivity contribution is -0.168. The molecule has 0 amide bonds. The van der Waals surface area contributed by atoms with Crippen LogP contribution in [-0.4, -0.2) is 22.2 Å². The zero-order valence-electron chi connectivity index (χ0n) is 11.4. The number of carboxylic acid groups (broad SMARTS) is 2. The minimum Gasteiger partial charge on any atom is -0.480 e. The van der Waals surface area contributed by atoms with Crippen LogP contribution in [0.2, 0.25) is 0 Å². The second kappa shape index (κ2) is 5.93. The highest BCUT2D eigenvalue weighted by molar-refractivity contribution is 5.98. The van der Waals surface area contributed by atoms with Crippen LogP contribution in [0.15, 0.2) is 0 Å². The van der Waals surface area contributed by atoms with Crippen molar-refractivity contribution >= 4 is 11.9 Å². The SMILES string of the molecule is O=C(O)C1(C(=O)O)CCC(CC2CCCCC2)CC1. The number of rotatable bonds is 4. The van der Waals surface area contributed by atoms with Gasteiger partial charge in [-0.2, -0.15) is 0 Å². The third kappa shape index (κ3) is 3.10. The summed E-state index contributed by atoms with van der Waals surface area (Å²) in [5, 5.41) is 18.4. The average molecular weight is 268 g/mol. The second-order valence-electron chi connectivity index (χ2n) is 6.38. The largest absolute Gasteiger partial charge is 0.480 e. The van der Waals surface area contributed by atoms with E-state index in [0.29, 0.717) is 18.8 Å². The van der Waals surface area contributed by atoms with E-state index in [0.717, 1.165) is 18.8 Å². The first kappa shape index (κ1) is 14.4. The molecule has 0 aromatic heterocycles. The Balaban J connectivity index is 1.87. The molecule has 0 bridgehead atoms. The van der Waals surface area contributed by atoms with Gasteiger partial charge in [-0.1, -0.05) is 32.1 Å². The summed E-state index contributed by atoms with van der Waals surface area (Å²) >= 11 is 0. The van der Waals surface area contributed by atoms with Crippen molar-refractivity contribution in [1.29, 1.82) is 0 Å². The van der Waals surface area contributed by atoms with Crippen LogP contribution in [-0.2, 0) is 9.59 Å². The number of hydrogen-bond donors (Lipinski definition) is 2. The molecule has 2 rings (SSSR count). The molecule has 4 heteroatoms. The van der Waals surface area contributed by atoms with Crippen LogP contribution in [0.1, 0.15) is 64.2 Å². The van der Waals surface area contributed by atoms with Crippen LogP contribution < -0.4 is 0 Å². The molecule has 108 valence electrons. The van der Waals surface area contributed by atoms with Gasteiger partial charge in [-0.25, -0.2) is 0 Å². The highest BCUT2D eigenvalue weighted by Gasteiger charge is 2.48. The van der Waals surface area contributed by atoms with E-state index in [1.165, 1.54) is 38.5 Å². The fraction of sp³-hybridized carbons (Fsp3) is 0.867. The molecule has 0 saturated heterocycles. The van der Waals surface area contributed by atoms with Gasteiger partial charge in [0.25, 0.3) is 0 Å². The van der Waals surface area contributed by atoms with Crippen molar-refractivity contribution in [2.45, 2.75) is 64.2 Å². The van der Waals surface area contributed by atoms with Gasteiger partial charge in [0, 0.05) is 0 Å². The highest BCUT2D eigenvalue weighted by atomic mass is 16.4. The summed E-state index contributed by atoms with van der Waals surface area (Å²) in [6, 6.07) is 0. The van der Waals surface area contributed by atoms with Crippen molar-refractivity contribution in [2.75, 3.05) is 0 Å². The van der Waals surface area contributed by atoms with Crippen molar-refractivity contribution < 1.29 is 19.8 Å². The Bertz CT molecular complexity index is 320. The van der Waals surface area contributed by atoms with Crippen molar-refractivity contribution in [3.8, 4) is 0 Å². The molecule has 2 saturated carbocycles. The van der Waals surface area contributed by atoms with E-state index in [2.05, 4.69) is 0 Å². The van der Waals surface area contributed by atoms with Gasteiger partial charge in [0.05, 0.1) is 0 Å². The van der Waals surface area contributed by atoms with E-state index in [1.807, 2.05) is 0 Å². The Hall–Kier alpha value is -1.06. The minimum absolute atomic E-state index is 0.301. The molecule has 0 heterocycles. The van der Waals surface area contributed by atoms with Gasteiger partial charge in [0.1, 0.15) is 0 Å². The number of carboxylic acids is 2. The van der Waals surface area contributed by atoms with E-state index in [1.54, 1.807) is 0 Å². The summed E-state index contributed by atoms with van der Waals surface area (Å²) in [4.78, 5) is 22.5. The quantitative estimate of drug-likeness (QED) is 0.767. The van der Waals surface area contributed by atoms with Crippen LogP contribution in [0.25, 0.3) is 0 Å².